The van der Waals surface area contributed by atoms with Gasteiger partial charge in [0.05, 0.1) is 5.69 Å². The molecular weight excluding hydrogens is 236 g/mol. The van der Waals surface area contributed by atoms with Crippen LogP contribution in [0, 0.1) is 5.41 Å². The van der Waals surface area contributed by atoms with Crippen molar-refractivity contribution >= 4 is 27.5 Å². The molecule has 0 aliphatic heterocycles. The number of rotatable bonds is 4. The molecule has 1 aromatic heterocycles. The van der Waals surface area contributed by atoms with Crippen molar-refractivity contribution in [3.63, 3.8) is 0 Å². The summed E-state index contributed by atoms with van der Waals surface area (Å²) in [6.07, 6.45) is 2.18. The first-order valence-electron chi connectivity index (χ1n) is 4.02. The van der Waals surface area contributed by atoms with Crippen LogP contribution in [-0.4, -0.2) is 14.9 Å². The third-order valence-corrected chi connectivity index (χ3v) is 4.10. The molecule has 1 atom stereocenters. The highest BCUT2D eigenvalue weighted by molar-refractivity contribution is 9.09. The van der Waals surface area contributed by atoms with Crippen molar-refractivity contribution in [3.8, 4) is 0 Å². The molecule has 0 amide bonds. The van der Waals surface area contributed by atoms with E-state index in [1.54, 1.807) is 0 Å². The van der Waals surface area contributed by atoms with Gasteiger partial charge in [-0.2, -0.15) is 0 Å². The molecule has 68 valence electrons. The van der Waals surface area contributed by atoms with E-state index in [-0.39, 0.29) is 0 Å². The molecule has 0 saturated carbocycles. The maximum Gasteiger partial charge on any atom is 0.0761 e. The van der Waals surface area contributed by atoms with E-state index in [1.807, 2.05) is 5.38 Å². The van der Waals surface area contributed by atoms with Crippen LogP contribution in [0.15, 0.2) is 5.38 Å². The fourth-order valence-electron chi connectivity index (χ4n) is 0.965. The van der Waals surface area contributed by atoms with E-state index in [2.05, 4.69) is 39.4 Å². The summed E-state index contributed by atoms with van der Waals surface area (Å²) in [4.78, 5) is 0. The highest BCUT2D eigenvalue weighted by Crippen LogP contribution is 2.27. The van der Waals surface area contributed by atoms with E-state index in [0.29, 0.717) is 5.41 Å². The number of hydrogen-bond acceptors (Lipinski definition) is 3. The van der Waals surface area contributed by atoms with Gasteiger partial charge in [0.1, 0.15) is 0 Å². The zero-order valence-electron chi connectivity index (χ0n) is 7.38. The molecule has 0 radical (unpaired) electrons. The summed E-state index contributed by atoms with van der Waals surface area (Å²) in [5.74, 6) is 0. The summed E-state index contributed by atoms with van der Waals surface area (Å²) >= 11 is 4.96. The van der Waals surface area contributed by atoms with Crippen LogP contribution in [0.2, 0.25) is 0 Å². The fraction of sp³-hybridized carbons (Fsp3) is 0.750. The van der Waals surface area contributed by atoms with Crippen molar-refractivity contribution in [2.75, 3.05) is 5.33 Å². The average Bonchev–Trinajstić information content (AvgIpc) is 2.57. The van der Waals surface area contributed by atoms with Gasteiger partial charge < -0.3 is 0 Å². The predicted molar refractivity (Wildman–Crippen MR) is 55.8 cm³/mol. The van der Waals surface area contributed by atoms with E-state index in [4.69, 9.17) is 0 Å². The van der Waals surface area contributed by atoms with Crippen LogP contribution in [0.5, 0.6) is 0 Å². The summed E-state index contributed by atoms with van der Waals surface area (Å²) in [5, 5.41) is 7.09. The minimum Gasteiger partial charge on any atom is -0.143 e. The summed E-state index contributed by atoms with van der Waals surface area (Å²) in [6, 6.07) is 0. The van der Waals surface area contributed by atoms with Gasteiger partial charge in [0.2, 0.25) is 0 Å². The minimum absolute atomic E-state index is 0.329. The molecule has 0 saturated heterocycles. The first-order valence-corrected chi connectivity index (χ1v) is 5.98. The molecule has 1 unspecified atom stereocenters. The maximum atomic E-state index is 4.04. The van der Waals surface area contributed by atoms with E-state index < -0.39 is 0 Å². The van der Waals surface area contributed by atoms with Gasteiger partial charge in [-0.15, -0.1) is 5.10 Å². The SMILES string of the molecule is CCC(C)(CBr)Cc1csnn1. The Labute approximate surface area is 85.7 Å². The molecule has 0 spiro atoms. The molecule has 0 bridgehead atoms. The Bertz CT molecular complexity index is 219. The van der Waals surface area contributed by atoms with Crippen LogP contribution >= 0.6 is 27.5 Å². The second kappa shape index (κ2) is 4.33. The molecule has 0 fully saturated rings. The van der Waals surface area contributed by atoms with Crippen LogP contribution < -0.4 is 0 Å². The molecule has 1 aromatic rings. The zero-order chi connectivity index (χ0) is 9.03. The summed E-state index contributed by atoms with van der Waals surface area (Å²) < 4.78 is 3.85. The van der Waals surface area contributed by atoms with Crippen LogP contribution in [0.1, 0.15) is 26.0 Å². The predicted octanol–water partition coefficient (Wildman–Crippen LogP) is 2.89. The second-order valence-corrected chi connectivity index (χ2v) is 4.54. The van der Waals surface area contributed by atoms with E-state index in [9.17, 15) is 0 Å². The Morgan fingerprint density at radius 1 is 1.67 bits per heavy atom. The lowest BCUT2D eigenvalue weighted by atomic mass is 9.85. The monoisotopic (exact) mass is 248 g/mol. The molecule has 0 aromatic carbocycles. The van der Waals surface area contributed by atoms with E-state index in [0.717, 1.165) is 23.9 Å². The van der Waals surface area contributed by atoms with Gasteiger partial charge in [0.25, 0.3) is 0 Å². The highest BCUT2D eigenvalue weighted by Gasteiger charge is 2.21. The van der Waals surface area contributed by atoms with Crippen molar-refractivity contribution in [1.82, 2.24) is 9.59 Å². The Kier molecular flexibility index (Phi) is 3.65. The number of alkyl halides is 1. The molecule has 12 heavy (non-hydrogen) atoms. The van der Waals surface area contributed by atoms with Crippen LogP contribution in [0.25, 0.3) is 0 Å². The van der Waals surface area contributed by atoms with Gasteiger partial charge in [-0.3, -0.25) is 0 Å². The summed E-state index contributed by atoms with van der Waals surface area (Å²) in [5.41, 5.74) is 1.44. The normalized spacial score (nSPS) is 15.9. The molecular formula is C8H13BrN2S. The molecule has 4 heteroatoms. The topological polar surface area (TPSA) is 25.8 Å². The molecule has 0 N–H and O–H groups in total. The lowest BCUT2D eigenvalue weighted by Gasteiger charge is -2.23. The van der Waals surface area contributed by atoms with Gasteiger partial charge in [0, 0.05) is 10.7 Å². The lowest BCUT2D eigenvalue weighted by Crippen LogP contribution is -2.20. The van der Waals surface area contributed by atoms with Crippen molar-refractivity contribution in [3.05, 3.63) is 11.1 Å². The number of aromatic nitrogens is 2. The summed E-state index contributed by atoms with van der Waals surface area (Å²) in [6.45, 7) is 4.47. The molecule has 1 rings (SSSR count). The largest absolute Gasteiger partial charge is 0.143 e. The first kappa shape index (κ1) is 10.1. The zero-order valence-corrected chi connectivity index (χ0v) is 9.78. The minimum atomic E-state index is 0.329. The second-order valence-electron chi connectivity index (χ2n) is 3.37. The van der Waals surface area contributed by atoms with Crippen LogP contribution in [0.3, 0.4) is 0 Å². The number of halogens is 1. The smallest absolute Gasteiger partial charge is 0.0761 e. The Morgan fingerprint density at radius 3 is 2.83 bits per heavy atom. The highest BCUT2D eigenvalue weighted by atomic mass is 79.9. The average molecular weight is 249 g/mol. The quantitative estimate of drug-likeness (QED) is 0.767. The first-order chi connectivity index (χ1) is 5.70. The third-order valence-electron chi connectivity index (χ3n) is 2.19. The van der Waals surface area contributed by atoms with Crippen LogP contribution in [-0.2, 0) is 6.42 Å². The van der Waals surface area contributed by atoms with Gasteiger partial charge in [-0.1, -0.05) is 34.3 Å². The number of hydrogen-bond donors (Lipinski definition) is 0. The van der Waals surface area contributed by atoms with Gasteiger partial charge in [-0.25, -0.2) is 0 Å². The van der Waals surface area contributed by atoms with Crippen molar-refractivity contribution in [2.24, 2.45) is 5.41 Å². The van der Waals surface area contributed by atoms with Gasteiger partial charge in [-0.05, 0) is 29.8 Å². The molecule has 0 aliphatic carbocycles. The van der Waals surface area contributed by atoms with Gasteiger partial charge >= 0.3 is 0 Å². The lowest BCUT2D eigenvalue weighted by molar-refractivity contribution is 0.357. The maximum absolute atomic E-state index is 4.04. The fourth-order valence-corrected chi connectivity index (χ4v) is 2.01. The van der Waals surface area contributed by atoms with E-state index in [1.165, 1.54) is 11.5 Å². The molecule has 1 heterocycles. The Morgan fingerprint density at radius 2 is 2.42 bits per heavy atom. The molecule has 0 aliphatic rings. The van der Waals surface area contributed by atoms with Gasteiger partial charge in [0.15, 0.2) is 0 Å². The Hall–Kier alpha value is 0.0400. The summed E-state index contributed by atoms with van der Waals surface area (Å²) in [7, 11) is 0. The van der Waals surface area contributed by atoms with E-state index >= 15 is 0 Å². The third kappa shape index (κ3) is 2.52. The van der Waals surface area contributed by atoms with Crippen molar-refractivity contribution in [1.29, 1.82) is 0 Å². The van der Waals surface area contributed by atoms with Crippen molar-refractivity contribution < 1.29 is 0 Å². The molecule has 2 nitrogen and oxygen atoms in total. The Balaban J connectivity index is 2.60. The van der Waals surface area contributed by atoms with Crippen LogP contribution in [0.4, 0.5) is 0 Å². The standard InChI is InChI=1S/C8H13BrN2S/c1-3-8(2,6-9)4-7-5-12-11-10-7/h5H,3-4,6H2,1-2H3. The number of nitrogens with zero attached hydrogens (tertiary/aromatic N) is 2. The van der Waals surface area contributed by atoms with Crippen molar-refractivity contribution in [2.45, 2.75) is 26.7 Å².